The van der Waals surface area contributed by atoms with Crippen molar-refractivity contribution >= 4 is 23.1 Å². The van der Waals surface area contributed by atoms with Crippen molar-refractivity contribution in [3.63, 3.8) is 0 Å². The Morgan fingerprint density at radius 1 is 1.15 bits per heavy atom. The molecule has 8 heteroatoms. The molecular formula is C25H38FN5O2. The Hall–Kier alpha value is -2.61. The number of nitrogens with one attached hydrogen (secondary N) is 2. The first-order chi connectivity index (χ1) is 15.8. The Labute approximate surface area is 197 Å². The highest BCUT2D eigenvalue weighted by Crippen LogP contribution is 2.36. The number of hydrogen-bond donors (Lipinski definition) is 2. The lowest BCUT2D eigenvalue weighted by Gasteiger charge is -2.40. The number of aryl methyl sites for hydroxylation is 1. The second kappa shape index (κ2) is 11.0. The van der Waals surface area contributed by atoms with Gasteiger partial charge in [0.15, 0.2) is 0 Å². The van der Waals surface area contributed by atoms with Crippen molar-refractivity contribution in [3.05, 3.63) is 34.8 Å². The van der Waals surface area contributed by atoms with Crippen LogP contribution in [0.15, 0.2) is 23.4 Å². The van der Waals surface area contributed by atoms with Crippen LogP contribution in [-0.4, -0.2) is 69.1 Å². The van der Waals surface area contributed by atoms with Gasteiger partial charge in [0.25, 0.3) is 0 Å². The van der Waals surface area contributed by atoms with Crippen molar-refractivity contribution in [1.82, 2.24) is 10.2 Å². The van der Waals surface area contributed by atoms with Crippen molar-refractivity contribution in [2.24, 2.45) is 0 Å². The molecule has 0 bridgehead atoms. The molecule has 3 heterocycles. The number of carbonyl (C=O) groups excluding carboxylic acids is 1. The summed E-state index contributed by atoms with van der Waals surface area (Å²) in [5.74, 6) is 0.0874. The Bertz CT molecular complexity index is 910. The third-order valence-corrected chi connectivity index (χ3v) is 6.56. The fourth-order valence-corrected chi connectivity index (χ4v) is 4.56. The third-order valence-electron chi connectivity index (χ3n) is 6.56. The summed E-state index contributed by atoms with van der Waals surface area (Å²) < 4.78 is 19.9. The molecule has 1 amide bonds. The first-order valence-corrected chi connectivity index (χ1v) is 12.0. The second-order valence-electron chi connectivity index (χ2n) is 8.69. The largest absolute Gasteiger partial charge is 0.385 e. The topological polar surface area (TPSA) is 71.9 Å². The lowest BCUT2D eigenvalue weighted by atomic mass is 10.00. The van der Waals surface area contributed by atoms with Gasteiger partial charge in [0.2, 0.25) is 5.91 Å². The molecular weight excluding hydrogens is 421 g/mol. The Morgan fingerprint density at radius 2 is 1.85 bits per heavy atom. The van der Waals surface area contributed by atoms with Crippen LogP contribution in [0, 0.1) is 18.2 Å². The summed E-state index contributed by atoms with van der Waals surface area (Å²) in [6.45, 7) is 11.2. The average Bonchev–Trinajstić information content (AvgIpc) is 2.82. The maximum Gasteiger partial charge on any atom is 0.219 e. The number of ether oxygens (including phenoxy) is 1. The summed E-state index contributed by atoms with van der Waals surface area (Å²) in [5.41, 5.74) is 4.08. The molecule has 33 heavy (non-hydrogen) atoms. The Morgan fingerprint density at radius 3 is 2.52 bits per heavy atom. The van der Waals surface area contributed by atoms with Gasteiger partial charge in [-0.15, -0.1) is 0 Å². The number of hydrogen-bond acceptors (Lipinski definition) is 5. The number of likely N-dealkylation sites (N-methyl/N-ethyl adjacent to an activating group) is 1. The molecule has 0 atom stereocenters. The summed E-state index contributed by atoms with van der Waals surface area (Å²) in [5, 5.41) is 12.8. The molecule has 0 aliphatic carbocycles. The molecule has 0 spiro atoms. The monoisotopic (exact) mass is 459 g/mol. The molecule has 1 saturated heterocycles. The molecule has 0 unspecified atom stereocenters. The van der Waals surface area contributed by atoms with E-state index in [0.717, 1.165) is 49.6 Å². The standard InChI is InChI=1S/C23H32FN5O2.C2H6/c1-15-12-21-22(13-19(15)24)29(9-8-27(21)3)23(25)18-14-28(16(2)30)7-4-20(18)26-17-5-10-31-11-6-17;1-2/h12-13,17,25-26H,4-11,14H2,1-3H3;1-2H3. The first-order valence-electron chi connectivity index (χ1n) is 12.0. The minimum Gasteiger partial charge on any atom is -0.385 e. The molecule has 7 nitrogen and oxygen atoms in total. The molecule has 3 aliphatic rings. The van der Waals surface area contributed by atoms with Crippen molar-refractivity contribution < 1.29 is 13.9 Å². The minimum atomic E-state index is -0.268. The van der Waals surface area contributed by atoms with Crippen LogP contribution < -0.4 is 15.1 Å². The summed E-state index contributed by atoms with van der Waals surface area (Å²) in [4.78, 5) is 17.9. The van der Waals surface area contributed by atoms with Gasteiger partial charge in [-0.25, -0.2) is 4.39 Å². The van der Waals surface area contributed by atoms with E-state index in [-0.39, 0.29) is 11.7 Å². The normalized spacial score (nSPS) is 19.0. The number of amidine groups is 1. The molecule has 0 aromatic heterocycles. The van der Waals surface area contributed by atoms with E-state index in [2.05, 4.69) is 10.2 Å². The van der Waals surface area contributed by atoms with Crippen LogP contribution in [0.25, 0.3) is 0 Å². The highest BCUT2D eigenvalue weighted by Gasteiger charge is 2.31. The van der Waals surface area contributed by atoms with Gasteiger partial charge in [-0.3, -0.25) is 10.2 Å². The molecule has 0 radical (unpaired) electrons. The van der Waals surface area contributed by atoms with Crippen LogP contribution in [0.5, 0.6) is 0 Å². The molecule has 1 aromatic carbocycles. The maximum absolute atomic E-state index is 14.5. The number of nitrogens with zero attached hydrogens (tertiary/aromatic N) is 3. The van der Waals surface area contributed by atoms with Crippen molar-refractivity contribution in [1.29, 1.82) is 5.41 Å². The summed E-state index contributed by atoms with van der Waals surface area (Å²) in [6, 6.07) is 3.70. The molecule has 4 rings (SSSR count). The number of amides is 1. The predicted molar refractivity (Wildman–Crippen MR) is 132 cm³/mol. The number of halogens is 1. The molecule has 1 fully saturated rings. The third kappa shape index (κ3) is 5.49. The van der Waals surface area contributed by atoms with Crippen LogP contribution in [0.2, 0.25) is 0 Å². The Kier molecular flexibility index (Phi) is 8.35. The first kappa shape index (κ1) is 25.0. The highest BCUT2D eigenvalue weighted by molar-refractivity contribution is 6.10. The van der Waals surface area contributed by atoms with Gasteiger partial charge in [-0.1, -0.05) is 13.8 Å². The van der Waals surface area contributed by atoms with Crippen LogP contribution in [0.3, 0.4) is 0 Å². The number of carbonyl (C=O) groups is 1. The fraction of sp³-hybridized carbons (Fsp3) is 0.600. The van der Waals surface area contributed by atoms with E-state index in [4.69, 9.17) is 10.1 Å². The van der Waals surface area contributed by atoms with Crippen molar-refractivity contribution in [2.75, 3.05) is 56.2 Å². The molecule has 0 saturated carbocycles. The molecule has 3 aliphatic heterocycles. The van der Waals surface area contributed by atoms with Gasteiger partial charge in [0.05, 0.1) is 17.9 Å². The predicted octanol–water partition coefficient (Wildman–Crippen LogP) is 3.67. The zero-order valence-corrected chi connectivity index (χ0v) is 20.6. The van der Waals surface area contributed by atoms with E-state index in [1.807, 2.05) is 31.9 Å². The Balaban J connectivity index is 0.00000149. The number of fused-ring (bicyclic) bond motifs is 1. The number of anilines is 2. The van der Waals surface area contributed by atoms with Gasteiger partial charge in [0.1, 0.15) is 11.7 Å². The quantitative estimate of drug-likeness (QED) is 0.533. The lowest BCUT2D eigenvalue weighted by Crippen LogP contribution is -2.48. The fourth-order valence-electron chi connectivity index (χ4n) is 4.56. The molecule has 2 N–H and O–H groups in total. The van der Waals surface area contributed by atoms with Crippen molar-refractivity contribution in [2.45, 2.75) is 53.0 Å². The van der Waals surface area contributed by atoms with Gasteiger partial charge < -0.3 is 24.8 Å². The van der Waals surface area contributed by atoms with E-state index in [9.17, 15) is 9.18 Å². The lowest BCUT2D eigenvalue weighted by molar-refractivity contribution is -0.128. The zero-order chi connectivity index (χ0) is 24.1. The summed E-state index contributed by atoms with van der Waals surface area (Å²) >= 11 is 0. The van der Waals surface area contributed by atoms with Gasteiger partial charge in [0, 0.05) is 70.6 Å². The van der Waals surface area contributed by atoms with Gasteiger partial charge >= 0.3 is 0 Å². The van der Waals surface area contributed by atoms with E-state index in [1.54, 1.807) is 18.7 Å². The number of rotatable bonds is 3. The van der Waals surface area contributed by atoms with E-state index >= 15 is 0 Å². The van der Waals surface area contributed by atoms with Gasteiger partial charge in [-0.05, 0) is 37.5 Å². The molecule has 1 aromatic rings. The average molecular weight is 460 g/mol. The number of benzene rings is 1. The SMILES string of the molecule is CC.CC(=O)N1CCC(NC2CCOCC2)=C(C(=N)N2CCN(C)c3cc(C)c(F)cc32)C1. The van der Waals surface area contributed by atoms with Crippen LogP contribution in [0.4, 0.5) is 15.8 Å². The minimum absolute atomic E-state index is 0.0101. The maximum atomic E-state index is 14.5. The summed E-state index contributed by atoms with van der Waals surface area (Å²) in [6.07, 6.45) is 2.56. The van der Waals surface area contributed by atoms with Gasteiger partial charge in [-0.2, -0.15) is 0 Å². The van der Waals surface area contributed by atoms with E-state index < -0.39 is 0 Å². The van der Waals surface area contributed by atoms with E-state index in [1.165, 1.54) is 6.07 Å². The second-order valence-corrected chi connectivity index (χ2v) is 8.69. The van der Waals surface area contributed by atoms with Crippen LogP contribution in [0.1, 0.15) is 45.6 Å². The highest BCUT2D eigenvalue weighted by atomic mass is 19.1. The van der Waals surface area contributed by atoms with Crippen LogP contribution in [-0.2, 0) is 9.53 Å². The van der Waals surface area contributed by atoms with Crippen molar-refractivity contribution in [3.8, 4) is 0 Å². The van der Waals surface area contributed by atoms with Crippen LogP contribution >= 0.6 is 0 Å². The smallest absolute Gasteiger partial charge is 0.219 e. The molecule has 182 valence electrons. The van der Waals surface area contributed by atoms with E-state index in [0.29, 0.717) is 49.2 Å². The summed E-state index contributed by atoms with van der Waals surface area (Å²) in [7, 11) is 1.99. The zero-order valence-electron chi connectivity index (χ0n) is 20.6.